The highest BCUT2D eigenvalue weighted by Gasteiger charge is 2.25. The van der Waals surface area contributed by atoms with Crippen LogP contribution in [0.25, 0.3) is 0 Å². The molecule has 0 unspecified atom stereocenters. The third-order valence-corrected chi connectivity index (χ3v) is 6.61. The number of nitrogens with zero attached hydrogens (tertiary/aromatic N) is 2. The van der Waals surface area contributed by atoms with Gasteiger partial charge in [0.05, 0.1) is 6.61 Å². The third-order valence-electron chi connectivity index (χ3n) is 6.61. The monoisotopic (exact) mass is 467 g/mol. The molecule has 2 aromatic carbocycles. The van der Waals surface area contributed by atoms with Gasteiger partial charge in [0, 0.05) is 55.6 Å². The lowest BCUT2D eigenvalue weighted by atomic mass is 9.87. The predicted octanol–water partition coefficient (Wildman–Crippen LogP) is 4.44. The number of amides is 3. The Morgan fingerprint density at radius 1 is 0.912 bits per heavy atom. The van der Waals surface area contributed by atoms with Gasteiger partial charge >= 0.3 is 6.03 Å². The summed E-state index contributed by atoms with van der Waals surface area (Å²) in [5, 5.41) is 21.8. The minimum absolute atomic E-state index is 0.0734. The molecule has 2 aromatic rings. The van der Waals surface area contributed by atoms with Gasteiger partial charge in [-0.05, 0) is 30.5 Å². The SMILES string of the molecule is O=C(Nc1cc(O)cc(O)c1)N1CCN(C(=O)c2cccc(OCCC3CCCCC3)c2)CC1. The maximum absolute atomic E-state index is 13.0. The van der Waals surface area contributed by atoms with Gasteiger partial charge < -0.3 is 30.1 Å². The summed E-state index contributed by atoms with van der Waals surface area (Å²) < 4.78 is 5.94. The van der Waals surface area contributed by atoms with Crippen molar-refractivity contribution in [2.75, 3.05) is 38.1 Å². The number of phenolic OH excluding ortho intramolecular Hbond substituents is 2. The number of piperazine rings is 1. The molecule has 0 radical (unpaired) electrons. The van der Waals surface area contributed by atoms with Crippen molar-refractivity contribution >= 4 is 17.6 Å². The number of hydrogen-bond donors (Lipinski definition) is 3. The molecule has 182 valence electrons. The second-order valence-corrected chi connectivity index (χ2v) is 9.12. The van der Waals surface area contributed by atoms with Crippen LogP contribution in [0, 0.1) is 5.92 Å². The number of ether oxygens (including phenoxy) is 1. The zero-order valence-corrected chi connectivity index (χ0v) is 19.4. The summed E-state index contributed by atoms with van der Waals surface area (Å²) in [4.78, 5) is 28.9. The number of urea groups is 1. The van der Waals surface area contributed by atoms with E-state index in [4.69, 9.17) is 4.74 Å². The predicted molar refractivity (Wildman–Crippen MR) is 129 cm³/mol. The first-order valence-corrected chi connectivity index (χ1v) is 12.1. The fraction of sp³-hybridized carbons (Fsp3) is 0.462. The van der Waals surface area contributed by atoms with Crippen LogP contribution in [0.5, 0.6) is 17.2 Å². The van der Waals surface area contributed by atoms with Crippen LogP contribution in [0.4, 0.5) is 10.5 Å². The quantitative estimate of drug-likeness (QED) is 0.583. The number of rotatable bonds is 6. The van der Waals surface area contributed by atoms with E-state index in [1.165, 1.54) is 50.3 Å². The van der Waals surface area contributed by atoms with E-state index < -0.39 is 0 Å². The van der Waals surface area contributed by atoms with Crippen molar-refractivity contribution in [1.29, 1.82) is 0 Å². The molecule has 0 atom stereocenters. The fourth-order valence-electron chi connectivity index (χ4n) is 4.70. The van der Waals surface area contributed by atoms with Crippen LogP contribution in [0.1, 0.15) is 48.9 Å². The van der Waals surface area contributed by atoms with Crippen molar-refractivity contribution in [3.8, 4) is 17.2 Å². The molecule has 1 heterocycles. The van der Waals surface area contributed by atoms with Gasteiger partial charge in [-0.15, -0.1) is 0 Å². The van der Waals surface area contributed by atoms with Crippen LogP contribution in [-0.4, -0.2) is 64.7 Å². The molecule has 1 aliphatic carbocycles. The standard InChI is InChI=1S/C26H33N3O5/c30-22-16-21(17-23(31)18-22)27-26(33)29-12-10-28(11-13-29)25(32)20-7-4-8-24(15-20)34-14-9-19-5-2-1-3-6-19/h4,7-8,15-19,30-31H,1-3,5-6,9-14H2,(H,27,33). The molecule has 2 fully saturated rings. The normalized spacial score (nSPS) is 16.8. The van der Waals surface area contributed by atoms with Gasteiger partial charge in [0.1, 0.15) is 17.2 Å². The molecule has 4 rings (SSSR count). The largest absolute Gasteiger partial charge is 0.508 e. The van der Waals surface area contributed by atoms with Crippen LogP contribution in [0.15, 0.2) is 42.5 Å². The zero-order chi connectivity index (χ0) is 23.9. The van der Waals surface area contributed by atoms with Crippen LogP contribution >= 0.6 is 0 Å². The zero-order valence-electron chi connectivity index (χ0n) is 19.4. The van der Waals surface area contributed by atoms with Gasteiger partial charge in [-0.25, -0.2) is 4.79 Å². The number of carbonyl (C=O) groups excluding carboxylic acids is 2. The summed E-state index contributed by atoms with van der Waals surface area (Å²) >= 11 is 0. The second-order valence-electron chi connectivity index (χ2n) is 9.12. The van der Waals surface area contributed by atoms with E-state index in [9.17, 15) is 19.8 Å². The summed E-state index contributed by atoms with van der Waals surface area (Å²) in [7, 11) is 0. The first kappa shape index (κ1) is 23.7. The second kappa shape index (κ2) is 11.1. The first-order valence-electron chi connectivity index (χ1n) is 12.1. The smallest absolute Gasteiger partial charge is 0.321 e. The highest BCUT2D eigenvalue weighted by atomic mass is 16.5. The van der Waals surface area contributed by atoms with Crippen molar-refractivity contribution < 1.29 is 24.5 Å². The molecule has 1 saturated heterocycles. The Hall–Kier alpha value is -3.42. The lowest BCUT2D eigenvalue weighted by Crippen LogP contribution is -2.51. The van der Waals surface area contributed by atoms with E-state index in [0.717, 1.165) is 12.3 Å². The number of phenols is 2. The molecule has 0 aromatic heterocycles. The number of carbonyl (C=O) groups is 2. The Morgan fingerprint density at radius 3 is 2.29 bits per heavy atom. The Balaban J connectivity index is 1.25. The first-order chi connectivity index (χ1) is 16.5. The van der Waals surface area contributed by atoms with E-state index in [1.54, 1.807) is 21.9 Å². The molecule has 0 bridgehead atoms. The Kier molecular flexibility index (Phi) is 7.77. The van der Waals surface area contributed by atoms with Gasteiger partial charge in [0.25, 0.3) is 5.91 Å². The maximum atomic E-state index is 13.0. The lowest BCUT2D eigenvalue weighted by Gasteiger charge is -2.34. The van der Waals surface area contributed by atoms with Gasteiger partial charge in [0.2, 0.25) is 0 Å². The fourth-order valence-corrected chi connectivity index (χ4v) is 4.70. The van der Waals surface area contributed by atoms with E-state index in [2.05, 4.69) is 5.32 Å². The minimum atomic E-state index is -0.342. The Bertz CT molecular complexity index is 977. The van der Waals surface area contributed by atoms with Crippen molar-refractivity contribution in [1.82, 2.24) is 9.80 Å². The Labute approximate surface area is 200 Å². The van der Waals surface area contributed by atoms with Gasteiger partial charge in [0.15, 0.2) is 0 Å². The van der Waals surface area contributed by atoms with Crippen LogP contribution < -0.4 is 10.1 Å². The third kappa shape index (κ3) is 6.34. The summed E-state index contributed by atoms with van der Waals surface area (Å²) in [5.41, 5.74) is 0.893. The van der Waals surface area contributed by atoms with Crippen LogP contribution in [0.2, 0.25) is 0 Å². The summed E-state index contributed by atoms with van der Waals surface area (Å²) in [5.74, 6) is 1.13. The van der Waals surface area contributed by atoms with E-state index in [0.29, 0.717) is 49.8 Å². The number of hydrogen-bond acceptors (Lipinski definition) is 5. The number of benzene rings is 2. The van der Waals surface area contributed by atoms with Crippen molar-refractivity contribution in [2.24, 2.45) is 5.92 Å². The number of anilines is 1. The molecule has 3 N–H and O–H groups in total. The Morgan fingerprint density at radius 2 is 1.59 bits per heavy atom. The van der Waals surface area contributed by atoms with Gasteiger partial charge in [-0.1, -0.05) is 38.2 Å². The average Bonchev–Trinajstić information content (AvgIpc) is 2.84. The highest BCUT2D eigenvalue weighted by molar-refractivity contribution is 5.95. The molecule has 8 heteroatoms. The number of nitrogens with one attached hydrogen (secondary N) is 1. The average molecular weight is 468 g/mol. The molecule has 1 aliphatic heterocycles. The van der Waals surface area contributed by atoms with Gasteiger partial charge in [-0.2, -0.15) is 0 Å². The van der Waals surface area contributed by atoms with Crippen molar-refractivity contribution in [3.63, 3.8) is 0 Å². The lowest BCUT2D eigenvalue weighted by molar-refractivity contribution is 0.0671. The van der Waals surface area contributed by atoms with Crippen molar-refractivity contribution in [2.45, 2.75) is 38.5 Å². The topological polar surface area (TPSA) is 102 Å². The van der Waals surface area contributed by atoms with Crippen LogP contribution in [-0.2, 0) is 0 Å². The molecule has 3 amide bonds. The molecule has 8 nitrogen and oxygen atoms in total. The number of aromatic hydroxyl groups is 2. The maximum Gasteiger partial charge on any atom is 0.321 e. The molecular weight excluding hydrogens is 434 g/mol. The van der Waals surface area contributed by atoms with E-state index in [-0.39, 0.29) is 23.4 Å². The van der Waals surface area contributed by atoms with E-state index >= 15 is 0 Å². The molecule has 34 heavy (non-hydrogen) atoms. The summed E-state index contributed by atoms with van der Waals surface area (Å²) in [6, 6.07) is 10.9. The van der Waals surface area contributed by atoms with E-state index in [1.807, 2.05) is 12.1 Å². The highest BCUT2D eigenvalue weighted by Crippen LogP contribution is 2.27. The van der Waals surface area contributed by atoms with Crippen molar-refractivity contribution in [3.05, 3.63) is 48.0 Å². The molecular formula is C26H33N3O5. The van der Waals surface area contributed by atoms with Crippen LogP contribution in [0.3, 0.4) is 0 Å². The molecule has 0 spiro atoms. The van der Waals surface area contributed by atoms with Gasteiger partial charge in [-0.3, -0.25) is 4.79 Å². The molecule has 2 aliphatic rings. The summed E-state index contributed by atoms with van der Waals surface area (Å²) in [6.45, 7) is 2.29. The molecule has 1 saturated carbocycles. The minimum Gasteiger partial charge on any atom is -0.508 e. The summed E-state index contributed by atoms with van der Waals surface area (Å²) in [6.07, 6.45) is 7.64.